The lowest BCUT2D eigenvalue weighted by molar-refractivity contribution is 0.415. The number of benzene rings is 2. The number of anilines is 2. The van der Waals surface area contributed by atoms with Crippen LogP contribution in [-0.2, 0) is 0 Å². The molecule has 0 atom stereocenters. The lowest BCUT2D eigenvalue weighted by Gasteiger charge is -2.06. The van der Waals surface area contributed by atoms with Crippen molar-refractivity contribution in [3.8, 4) is 17.1 Å². The summed E-state index contributed by atoms with van der Waals surface area (Å²) in [6.45, 7) is 4.34. The Morgan fingerprint density at radius 3 is 2.30 bits per heavy atom. The van der Waals surface area contributed by atoms with Gasteiger partial charge in [-0.1, -0.05) is 31.1 Å². The number of ether oxygens (including phenoxy) is 1. The van der Waals surface area contributed by atoms with E-state index in [9.17, 15) is 0 Å². The summed E-state index contributed by atoms with van der Waals surface area (Å²) in [5.74, 6) is 1.84. The van der Waals surface area contributed by atoms with Crippen molar-refractivity contribution in [2.45, 2.75) is 19.8 Å². The van der Waals surface area contributed by atoms with E-state index >= 15 is 0 Å². The number of hydrogen-bond donors (Lipinski definition) is 1. The third-order valence-electron chi connectivity index (χ3n) is 3.60. The van der Waals surface area contributed by atoms with Crippen molar-refractivity contribution in [1.82, 2.24) is 10.1 Å². The van der Waals surface area contributed by atoms with Crippen LogP contribution < -0.4 is 10.1 Å². The Morgan fingerprint density at radius 1 is 1.00 bits per heavy atom. The maximum atomic E-state index is 5.25. The van der Waals surface area contributed by atoms with Crippen LogP contribution in [0.4, 0.5) is 11.7 Å². The van der Waals surface area contributed by atoms with E-state index in [4.69, 9.17) is 9.26 Å². The quantitative estimate of drug-likeness (QED) is 0.745. The van der Waals surface area contributed by atoms with E-state index in [1.165, 1.54) is 5.56 Å². The lowest BCUT2D eigenvalue weighted by atomic mass is 10.0. The van der Waals surface area contributed by atoms with Crippen LogP contribution in [0.15, 0.2) is 53.1 Å². The molecule has 118 valence electrons. The molecule has 0 aliphatic heterocycles. The molecule has 2 aromatic carbocycles. The van der Waals surface area contributed by atoms with Crippen LogP contribution in [0.2, 0.25) is 0 Å². The first-order chi connectivity index (χ1) is 11.2. The van der Waals surface area contributed by atoms with E-state index in [2.05, 4.69) is 41.4 Å². The van der Waals surface area contributed by atoms with Gasteiger partial charge in [-0.25, -0.2) is 0 Å². The summed E-state index contributed by atoms with van der Waals surface area (Å²) in [6, 6.07) is 16.1. The zero-order valence-corrected chi connectivity index (χ0v) is 13.4. The van der Waals surface area contributed by atoms with E-state index in [1.54, 1.807) is 7.11 Å². The Hall–Kier alpha value is -2.82. The van der Waals surface area contributed by atoms with Gasteiger partial charge in [0.25, 0.3) is 0 Å². The van der Waals surface area contributed by atoms with Crippen LogP contribution in [0.3, 0.4) is 0 Å². The average molecular weight is 309 g/mol. The third-order valence-corrected chi connectivity index (χ3v) is 3.60. The standard InChI is InChI=1S/C18H19N3O2/c1-12(2)13-4-8-15(9-5-13)19-18-20-17(21-23-18)14-6-10-16(22-3)11-7-14/h4-12H,1-3H3,(H,19,20,21). The maximum Gasteiger partial charge on any atom is 0.326 e. The predicted molar refractivity (Wildman–Crippen MR) is 90.1 cm³/mol. The van der Waals surface area contributed by atoms with Crippen LogP contribution in [0.25, 0.3) is 11.4 Å². The monoisotopic (exact) mass is 309 g/mol. The maximum absolute atomic E-state index is 5.25. The molecule has 0 bridgehead atoms. The Balaban J connectivity index is 1.73. The average Bonchev–Trinajstić information content (AvgIpc) is 3.04. The topological polar surface area (TPSA) is 60.2 Å². The van der Waals surface area contributed by atoms with Crippen molar-refractivity contribution in [3.63, 3.8) is 0 Å². The number of nitrogens with zero attached hydrogens (tertiary/aromatic N) is 2. The van der Waals surface area contributed by atoms with Crippen molar-refractivity contribution in [2.24, 2.45) is 0 Å². The van der Waals surface area contributed by atoms with Crippen LogP contribution in [0.5, 0.6) is 5.75 Å². The number of aromatic nitrogens is 2. The second kappa shape index (κ2) is 6.52. The first-order valence-corrected chi connectivity index (χ1v) is 7.51. The fourth-order valence-electron chi connectivity index (χ4n) is 2.21. The molecule has 0 saturated heterocycles. The van der Waals surface area contributed by atoms with E-state index in [-0.39, 0.29) is 0 Å². The highest BCUT2D eigenvalue weighted by molar-refractivity contribution is 5.59. The van der Waals surface area contributed by atoms with Gasteiger partial charge < -0.3 is 14.6 Å². The Kier molecular flexibility index (Phi) is 4.28. The van der Waals surface area contributed by atoms with Crippen LogP contribution >= 0.6 is 0 Å². The molecule has 0 radical (unpaired) electrons. The summed E-state index contributed by atoms with van der Waals surface area (Å²) in [5.41, 5.74) is 3.08. The van der Waals surface area contributed by atoms with Gasteiger partial charge in [0.05, 0.1) is 7.11 Å². The molecule has 3 aromatic rings. The zero-order chi connectivity index (χ0) is 16.2. The van der Waals surface area contributed by atoms with E-state index in [0.29, 0.717) is 17.8 Å². The zero-order valence-electron chi connectivity index (χ0n) is 13.4. The lowest BCUT2D eigenvalue weighted by Crippen LogP contribution is -1.92. The van der Waals surface area contributed by atoms with Crippen molar-refractivity contribution in [3.05, 3.63) is 54.1 Å². The Morgan fingerprint density at radius 2 is 1.70 bits per heavy atom. The molecule has 1 heterocycles. The minimum Gasteiger partial charge on any atom is -0.497 e. The SMILES string of the molecule is COc1ccc(-c2noc(Nc3ccc(C(C)C)cc3)n2)cc1. The molecule has 0 aliphatic rings. The molecule has 3 rings (SSSR count). The molecule has 0 amide bonds. The van der Waals surface area contributed by atoms with Gasteiger partial charge in [0, 0.05) is 11.3 Å². The van der Waals surface area contributed by atoms with Gasteiger partial charge in [-0.05, 0) is 47.9 Å². The molecule has 1 N–H and O–H groups in total. The molecule has 0 saturated carbocycles. The van der Waals surface area contributed by atoms with Gasteiger partial charge in [-0.3, -0.25) is 0 Å². The fourth-order valence-corrected chi connectivity index (χ4v) is 2.21. The van der Waals surface area contributed by atoms with Crippen LogP contribution in [0.1, 0.15) is 25.3 Å². The number of hydrogen-bond acceptors (Lipinski definition) is 5. The summed E-state index contributed by atoms with van der Waals surface area (Å²) >= 11 is 0. The first-order valence-electron chi connectivity index (χ1n) is 7.51. The molecular weight excluding hydrogens is 290 g/mol. The van der Waals surface area contributed by atoms with Gasteiger partial charge in [0.15, 0.2) is 0 Å². The largest absolute Gasteiger partial charge is 0.497 e. The van der Waals surface area contributed by atoms with Crippen LogP contribution in [0, 0.1) is 0 Å². The highest BCUT2D eigenvalue weighted by atomic mass is 16.5. The van der Waals surface area contributed by atoms with Gasteiger partial charge in [-0.2, -0.15) is 4.98 Å². The Bertz CT molecular complexity index is 762. The normalized spacial score (nSPS) is 10.8. The van der Waals surface area contributed by atoms with Crippen LogP contribution in [-0.4, -0.2) is 17.3 Å². The van der Waals surface area contributed by atoms with Gasteiger partial charge >= 0.3 is 6.01 Å². The van der Waals surface area contributed by atoms with Crippen molar-refractivity contribution >= 4 is 11.7 Å². The summed E-state index contributed by atoms with van der Waals surface area (Å²) in [7, 11) is 1.63. The second-order valence-corrected chi connectivity index (χ2v) is 5.55. The van der Waals surface area contributed by atoms with Gasteiger partial charge in [0.1, 0.15) is 5.75 Å². The molecular formula is C18H19N3O2. The Labute approximate surface area is 135 Å². The number of methoxy groups -OCH3 is 1. The molecule has 0 fully saturated rings. The van der Waals surface area contributed by atoms with Crippen molar-refractivity contribution in [1.29, 1.82) is 0 Å². The smallest absolute Gasteiger partial charge is 0.326 e. The molecule has 0 unspecified atom stereocenters. The second-order valence-electron chi connectivity index (χ2n) is 5.55. The van der Waals surface area contributed by atoms with E-state index in [1.807, 2.05) is 36.4 Å². The summed E-state index contributed by atoms with van der Waals surface area (Å²) < 4.78 is 10.4. The third kappa shape index (κ3) is 3.51. The highest BCUT2D eigenvalue weighted by Crippen LogP contribution is 2.23. The van der Waals surface area contributed by atoms with Gasteiger partial charge in [0.2, 0.25) is 5.82 Å². The fraction of sp³-hybridized carbons (Fsp3) is 0.222. The van der Waals surface area contributed by atoms with Crippen molar-refractivity contribution in [2.75, 3.05) is 12.4 Å². The van der Waals surface area contributed by atoms with E-state index in [0.717, 1.165) is 17.0 Å². The number of rotatable bonds is 5. The molecule has 1 aromatic heterocycles. The minimum atomic E-state index is 0.369. The molecule has 23 heavy (non-hydrogen) atoms. The van der Waals surface area contributed by atoms with Gasteiger partial charge in [-0.15, -0.1) is 0 Å². The predicted octanol–water partition coefficient (Wildman–Crippen LogP) is 4.61. The minimum absolute atomic E-state index is 0.369. The molecule has 5 heteroatoms. The highest BCUT2D eigenvalue weighted by Gasteiger charge is 2.09. The first kappa shape index (κ1) is 15.1. The summed E-state index contributed by atoms with van der Waals surface area (Å²) in [6.07, 6.45) is 0. The summed E-state index contributed by atoms with van der Waals surface area (Å²) in [4.78, 5) is 4.36. The van der Waals surface area contributed by atoms with E-state index < -0.39 is 0 Å². The molecule has 5 nitrogen and oxygen atoms in total. The summed E-state index contributed by atoms with van der Waals surface area (Å²) in [5, 5.41) is 7.11. The van der Waals surface area contributed by atoms with Crippen molar-refractivity contribution < 1.29 is 9.26 Å². The molecule has 0 aliphatic carbocycles. The molecule has 0 spiro atoms. The number of nitrogens with one attached hydrogen (secondary N) is 1.